The summed E-state index contributed by atoms with van der Waals surface area (Å²) in [7, 11) is 3.94. The van der Waals surface area contributed by atoms with Gasteiger partial charge >= 0.3 is 0 Å². The molecule has 0 saturated heterocycles. The Morgan fingerprint density at radius 2 is 1.93 bits per heavy atom. The van der Waals surface area contributed by atoms with Gasteiger partial charge in [0.1, 0.15) is 5.01 Å². The standard InChI is InChI=1S/C22H25N3OS/c1-24(19-12-7-9-16-8-3-4-10-17(16)19)15-22(26)25(2)14-21-23-18-11-5-6-13-20(18)27-21/h3-6,8,10-11,13,19H,7,9,12,14-15H2,1-2H3. The normalized spacial score (nSPS) is 16.5. The SMILES string of the molecule is CN(Cc1nc2ccccc2s1)C(=O)CN(C)C1CCCc2ccccc21. The average Bonchev–Trinajstić information content (AvgIpc) is 3.09. The second-order valence-corrected chi connectivity index (χ2v) is 8.46. The highest BCUT2D eigenvalue weighted by Gasteiger charge is 2.25. The number of nitrogens with zero attached hydrogens (tertiary/aromatic N) is 3. The molecular weight excluding hydrogens is 354 g/mol. The molecule has 4 nitrogen and oxygen atoms in total. The van der Waals surface area contributed by atoms with Crippen LogP contribution in [0.25, 0.3) is 10.2 Å². The first kappa shape index (κ1) is 18.1. The zero-order chi connectivity index (χ0) is 18.8. The number of hydrogen-bond donors (Lipinski definition) is 0. The Hall–Kier alpha value is -2.24. The minimum Gasteiger partial charge on any atom is -0.338 e. The number of hydrogen-bond acceptors (Lipinski definition) is 4. The molecule has 0 bridgehead atoms. The van der Waals surface area contributed by atoms with Crippen molar-refractivity contribution in [2.45, 2.75) is 31.8 Å². The van der Waals surface area contributed by atoms with Gasteiger partial charge < -0.3 is 4.90 Å². The van der Waals surface area contributed by atoms with Crippen molar-refractivity contribution < 1.29 is 4.79 Å². The molecule has 1 aliphatic rings. The number of para-hydroxylation sites is 1. The van der Waals surface area contributed by atoms with Gasteiger partial charge in [0, 0.05) is 13.1 Å². The third kappa shape index (κ3) is 3.89. The Morgan fingerprint density at radius 3 is 2.78 bits per heavy atom. The zero-order valence-electron chi connectivity index (χ0n) is 15.9. The lowest BCUT2D eigenvalue weighted by Gasteiger charge is -2.33. The van der Waals surface area contributed by atoms with E-state index in [1.54, 1.807) is 16.2 Å². The number of carbonyl (C=O) groups excluding carboxylic acids is 1. The van der Waals surface area contributed by atoms with Crippen molar-refractivity contribution in [2.24, 2.45) is 0 Å². The summed E-state index contributed by atoms with van der Waals surface area (Å²) in [5.41, 5.74) is 3.82. The van der Waals surface area contributed by atoms with E-state index < -0.39 is 0 Å². The van der Waals surface area contributed by atoms with Gasteiger partial charge in [-0.25, -0.2) is 4.98 Å². The van der Waals surface area contributed by atoms with Gasteiger partial charge in [-0.15, -0.1) is 11.3 Å². The minimum absolute atomic E-state index is 0.139. The van der Waals surface area contributed by atoms with Gasteiger partial charge in [0.2, 0.25) is 5.91 Å². The number of benzene rings is 2. The van der Waals surface area contributed by atoms with Crippen LogP contribution in [0.15, 0.2) is 48.5 Å². The van der Waals surface area contributed by atoms with Gasteiger partial charge in [0.15, 0.2) is 0 Å². The molecule has 1 aromatic heterocycles. The lowest BCUT2D eigenvalue weighted by Crippen LogP contribution is -2.38. The second-order valence-electron chi connectivity index (χ2n) is 7.35. The van der Waals surface area contributed by atoms with E-state index in [9.17, 15) is 4.79 Å². The highest BCUT2D eigenvalue weighted by Crippen LogP contribution is 2.33. The van der Waals surface area contributed by atoms with Crippen LogP contribution in [0.4, 0.5) is 0 Å². The molecule has 1 heterocycles. The Bertz CT molecular complexity index is 918. The lowest BCUT2D eigenvalue weighted by molar-refractivity contribution is -0.131. The fourth-order valence-electron chi connectivity index (χ4n) is 3.91. The molecule has 5 heteroatoms. The maximum Gasteiger partial charge on any atom is 0.236 e. The van der Waals surface area contributed by atoms with Crippen molar-refractivity contribution in [2.75, 3.05) is 20.6 Å². The maximum absolute atomic E-state index is 12.8. The first-order chi connectivity index (χ1) is 13.1. The van der Waals surface area contributed by atoms with Crippen LogP contribution in [0.1, 0.15) is 35.0 Å². The van der Waals surface area contributed by atoms with Crippen molar-refractivity contribution in [1.82, 2.24) is 14.8 Å². The summed E-state index contributed by atoms with van der Waals surface area (Å²) in [4.78, 5) is 21.4. The molecule has 0 N–H and O–H groups in total. The van der Waals surface area contributed by atoms with Gasteiger partial charge in [-0.05, 0) is 49.6 Å². The summed E-state index contributed by atoms with van der Waals surface area (Å²) in [6, 6.07) is 17.1. The Balaban J connectivity index is 1.41. The van der Waals surface area contributed by atoms with E-state index in [0.717, 1.165) is 23.4 Å². The number of amides is 1. The van der Waals surface area contributed by atoms with Crippen LogP contribution in [0.5, 0.6) is 0 Å². The molecule has 1 amide bonds. The van der Waals surface area contributed by atoms with Crippen LogP contribution in [-0.2, 0) is 17.8 Å². The molecular formula is C22H25N3OS. The van der Waals surface area contributed by atoms with Gasteiger partial charge in [0.25, 0.3) is 0 Å². The van der Waals surface area contributed by atoms with E-state index >= 15 is 0 Å². The quantitative estimate of drug-likeness (QED) is 0.664. The highest BCUT2D eigenvalue weighted by molar-refractivity contribution is 7.18. The van der Waals surface area contributed by atoms with E-state index in [2.05, 4.69) is 47.3 Å². The van der Waals surface area contributed by atoms with Crippen molar-refractivity contribution in [3.63, 3.8) is 0 Å². The summed E-state index contributed by atoms with van der Waals surface area (Å²) in [6.45, 7) is 0.994. The fourth-order valence-corrected chi connectivity index (χ4v) is 4.93. The van der Waals surface area contributed by atoms with Crippen LogP contribution < -0.4 is 0 Å². The Morgan fingerprint density at radius 1 is 1.15 bits per heavy atom. The fraction of sp³-hybridized carbons (Fsp3) is 0.364. The molecule has 0 fully saturated rings. The predicted octanol–water partition coefficient (Wildman–Crippen LogP) is 4.26. The van der Waals surface area contributed by atoms with Crippen molar-refractivity contribution in [3.05, 3.63) is 64.7 Å². The Kier molecular flexibility index (Phi) is 5.23. The number of fused-ring (bicyclic) bond motifs is 2. The lowest BCUT2D eigenvalue weighted by atomic mass is 9.87. The number of aryl methyl sites for hydroxylation is 1. The van der Waals surface area contributed by atoms with Gasteiger partial charge in [-0.1, -0.05) is 36.4 Å². The summed E-state index contributed by atoms with van der Waals surface area (Å²) < 4.78 is 1.17. The molecule has 3 aromatic rings. The first-order valence-electron chi connectivity index (χ1n) is 9.48. The number of thiazole rings is 1. The van der Waals surface area contributed by atoms with E-state index in [1.807, 2.05) is 25.2 Å². The molecule has 0 spiro atoms. The maximum atomic E-state index is 12.8. The Labute approximate surface area is 164 Å². The summed E-state index contributed by atoms with van der Waals surface area (Å²) >= 11 is 1.66. The average molecular weight is 380 g/mol. The molecule has 140 valence electrons. The molecule has 0 radical (unpaired) electrons. The topological polar surface area (TPSA) is 36.4 Å². The van der Waals surface area contributed by atoms with Crippen LogP contribution in [0.3, 0.4) is 0 Å². The number of likely N-dealkylation sites (N-methyl/N-ethyl adjacent to an activating group) is 2. The molecule has 1 unspecified atom stereocenters. The van der Waals surface area contributed by atoms with Gasteiger partial charge in [-0.3, -0.25) is 9.69 Å². The van der Waals surface area contributed by atoms with Gasteiger partial charge in [-0.2, -0.15) is 0 Å². The smallest absolute Gasteiger partial charge is 0.236 e. The first-order valence-corrected chi connectivity index (χ1v) is 10.3. The number of carbonyl (C=O) groups is 1. The van der Waals surface area contributed by atoms with Crippen molar-refractivity contribution >= 4 is 27.5 Å². The van der Waals surface area contributed by atoms with E-state index in [1.165, 1.54) is 22.2 Å². The third-order valence-electron chi connectivity index (χ3n) is 5.39. The van der Waals surface area contributed by atoms with Crippen molar-refractivity contribution in [1.29, 1.82) is 0 Å². The summed E-state index contributed by atoms with van der Waals surface area (Å²) in [6.07, 6.45) is 3.44. The minimum atomic E-state index is 0.139. The largest absolute Gasteiger partial charge is 0.338 e. The van der Waals surface area contributed by atoms with E-state index in [-0.39, 0.29) is 5.91 Å². The molecule has 4 rings (SSSR count). The van der Waals surface area contributed by atoms with Crippen LogP contribution in [0, 0.1) is 0 Å². The molecule has 0 aliphatic heterocycles. The number of aromatic nitrogens is 1. The van der Waals surface area contributed by atoms with Crippen molar-refractivity contribution in [3.8, 4) is 0 Å². The van der Waals surface area contributed by atoms with E-state index in [4.69, 9.17) is 0 Å². The molecule has 1 atom stereocenters. The second kappa shape index (κ2) is 7.79. The summed E-state index contributed by atoms with van der Waals surface area (Å²) in [5.74, 6) is 0.139. The van der Waals surface area contributed by atoms with Crippen LogP contribution in [0.2, 0.25) is 0 Å². The molecule has 27 heavy (non-hydrogen) atoms. The predicted molar refractivity (Wildman–Crippen MR) is 111 cm³/mol. The van der Waals surface area contributed by atoms with Gasteiger partial charge in [0.05, 0.1) is 23.3 Å². The van der Waals surface area contributed by atoms with E-state index in [0.29, 0.717) is 19.1 Å². The van der Waals surface area contributed by atoms with Crippen LogP contribution in [-0.4, -0.2) is 41.3 Å². The number of rotatable bonds is 5. The van der Waals surface area contributed by atoms with Crippen LogP contribution >= 0.6 is 11.3 Å². The highest BCUT2D eigenvalue weighted by atomic mass is 32.1. The summed E-state index contributed by atoms with van der Waals surface area (Å²) in [5, 5.41) is 0.984. The molecule has 2 aromatic carbocycles. The monoisotopic (exact) mass is 379 g/mol. The molecule has 0 saturated carbocycles. The third-order valence-corrected chi connectivity index (χ3v) is 6.41. The molecule has 1 aliphatic carbocycles. The zero-order valence-corrected chi connectivity index (χ0v) is 16.7.